The second-order valence-corrected chi connectivity index (χ2v) is 7.44. The minimum Gasteiger partial charge on any atom is -0.384 e. The number of ether oxygens (including phenoxy) is 1. The molecule has 1 aliphatic heterocycles. The van der Waals surface area contributed by atoms with Crippen molar-refractivity contribution in [2.45, 2.75) is 51.0 Å². The van der Waals surface area contributed by atoms with Gasteiger partial charge in [-0.05, 0) is 56.3 Å². The Morgan fingerprint density at radius 1 is 1.19 bits per heavy atom. The van der Waals surface area contributed by atoms with Crippen molar-refractivity contribution in [3.63, 3.8) is 0 Å². The molecule has 1 heterocycles. The van der Waals surface area contributed by atoms with Gasteiger partial charge in [0.05, 0.1) is 6.61 Å². The first-order valence-corrected chi connectivity index (χ1v) is 8.72. The zero-order valence-electron chi connectivity index (χ0n) is 13.3. The highest BCUT2D eigenvalue weighted by Crippen LogP contribution is 2.42. The fourth-order valence-electron chi connectivity index (χ4n) is 4.89. The smallest absolute Gasteiger partial charge is 0.225 e. The summed E-state index contributed by atoms with van der Waals surface area (Å²) in [5.74, 6) is 2.34. The highest BCUT2D eigenvalue weighted by molar-refractivity contribution is 5.79. The van der Waals surface area contributed by atoms with Crippen molar-refractivity contribution in [3.8, 4) is 0 Å². The van der Waals surface area contributed by atoms with E-state index in [2.05, 4.69) is 4.90 Å². The highest BCUT2D eigenvalue weighted by atomic mass is 16.5. The molecule has 3 rings (SSSR count). The third-order valence-electron chi connectivity index (χ3n) is 6.00. The average Bonchev–Trinajstić information content (AvgIpc) is 2.47. The molecule has 0 aromatic rings. The predicted molar refractivity (Wildman–Crippen MR) is 82.7 cm³/mol. The molecule has 3 unspecified atom stereocenters. The third-order valence-corrected chi connectivity index (χ3v) is 6.00. The van der Waals surface area contributed by atoms with Crippen LogP contribution in [-0.2, 0) is 9.53 Å². The first kappa shape index (κ1) is 15.3. The molecule has 3 aliphatic rings. The monoisotopic (exact) mass is 294 g/mol. The van der Waals surface area contributed by atoms with Gasteiger partial charge in [-0.15, -0.1) is 0 Å². The maximum Gasteiger partial charge on any atom is 0.225 e. The fraction of sp³-hybridized carbons (Fsp3) is 0.941. The number of nitrogens with two attached hydrogens (primary N) is 1. The highest BCUT2D eigenvalue weighted by Gasteiger charge is 2.42. The van der Waals surface area contributed by atoms with E-state index in [4.69, 9.17) is 10.5 Å². The molecule has 1 saturated heterocycles. The van der Waals surface area contributed by atoms with E-state index in [1.807, 2.05) is 0 Å². The molecular weight excluding hydrogens is 264 g/mol. The van der Waals surface area contributed by atoms with Crippen LogP contribution in [0.25, 0.3) is 0 Å². The molecule has 0 radical (unpaired) electrons. The lowest BCUT2D eigenvalue weighted by atomic mass is 9.65. The van der Waals surface area contributed by atoms with Gasteiger partial charge >= 0.3 is 0 Å². The zero-order valence-corrected chi connectivity index (χ0v) is 13.3. The number of fused-ring (bicyclic) bond motifs is 2. The quantitative estimate of drug-likeness (QED) is 0.866. The van der Waals surface area contributed by atoms with Crippen molar-refractivity contribution >= 4 is 5.91 Å². The standard InChI is InChI=1S/C17H30N2O2/c1-21-11-12-4-3-7-19(10-12)17(20)15-8-13-5-2-6-14(9-15)16(13)18/h12-16H,2-11,18H2,1H3. The molecule has 2 saturated carbocycles. The van der Waals surface area contributed by atoms with Crippen molar-refractivity contribution < 1.29 is 9.53 Å². The van der Waals surface area contributed by atoms with E-state index in [1.165, 1.54) is 25.7 Å². The number of nitrogens with zero attached hydrogens (tertiary/aromatic N) is 1. The predicted octanol–water partition coefficient (Wildman–Crippen LogP) is 2.03. The lowest BCUT2D eigenvalue weighted by molar-refractivity contribution is -0.140. The SMILES string of the molecule is COCC1CCCN(C(=O)C2CC3CCCC(C2)C3N)C1. The fourth-order valence-corrected chi connectivity index (χ4v) is 4.89. The second-order valence-electron chi connectivity index (χ2n) is 7.44. The van der Waals surface area contributed by atoms with Gasteiger partial charge in [0, 0.05) is 32.2 Å². The molecule has 120 valence electrons. The molecule has 3 fully saturated rings. The summed E-state index contributed by atoms with van der Waals surface area (Å²) < 4.78 is 5.28. The molecule has 0 spiro atoms. The van der Waals surface area contributed by atoms with E-state index in [9.17, 15) is 4.79 Å². The minimum atomic E-state index is 0.237. The van der Waals surface area contributed by atoms with Crippen LogP contribution in [0.1, 0.15) is 44.9 Å². The Balaban J connectivity index is 1.60. The van der Waals surface area contributed by atoms with Crippen LogP contribution >= 0.6 is 0 Å². The molecule has 4 nitrogen and oxygen atoms in total. The maximum atomic E-state index is 12.9. The van der Waals surface area contributed by atoms with Crippen LogP contribution in [0, 0.1) is 23.7 Å². The van der Waals surface area contributed by atoms with Crippen LogP contribution in [0.4, 0.5) is 0 Å². The summed E-state index contributed by atoms with van der Waals surface area (Å²) >= 11 is 0. The number of carbonyl (C=O) groups is 1. The molecule has 4 heteroatoms. The molecule has 3 atom stereocenters. The van der Waals surface area contributed by atoms with Gasteiger partial charge in [0.1, 0.15) is 0 Å². The van der Waals surface area contributed by atoms with Gasteiger partial charge in [-0.25, -0.2) is 0 Å². The van der Waals surface area contributed by atoms with E-state index in [0.717, 1.165) is 39.0 Å². The van der Waals surface area contributed by atoms with Crippen LogP contribution in [0.2, 0.25) is 0 Å². The summed E-state index contributed by atoms with van der Waals surface area (Å²) in [5.41, 5.74) is 6.35. The second kappa shape index (κ2) is 6.66. The summed E-state index contributed by atoms with van der Waals surface area (Å²) in [6.45, 7) is 2.62. The lowest BCUT2D eigenvalue weighted by Crippen LogP contribution is -2.51. The Bertz CT molecular complexity index is 358. The summed E-state index contributed by atoms with van der Waals surface area (Å²) in [6.07, 6.45) is 8.15. The van der Waals surface area contributed by atoms with Gasteiger partial charge in [0.25, 0.3) is 0 Å². The maximum absolute atomic E-state index is 12.9. The van der Waals surface area contributed by atoms with Gasteiger partial charge in [-0.2, -0.15) is 0 Å². The van der Waals surface area contributed by atoms with Crippen molar-refractivity contribution in [3.05, 3.63) is 0 Å². The molecular formula is C17H30N2O2. The first-order chi connectivity index (χ1) is 10.2. The van der Waals surface area contributed by atoms with E-state index >= 15 is 0 Å². The zero-order chi connectivity index (χ0) is 14.8. The van der Waals surface area contributed by atoms with Crippen LogP contribution < -0.4 is 5.73 Å². The van der Waals surface area contributed by atoms with E-state index in [1.54, 1.807) is 7.11 Å². The molecule has 0 aromatic carbocycles. The van der Waals surface area contributed by atoms with Crippen molar-refractivity contribution in [2.24, 2.45) is 29.4 Å². The Kier molecular flexibility index (Phi) is 4.85. The summed E-state index contributed by atoms with van der Waals surface area (Å²) in [4.78, 5) is 15.0. The van der Waals surface area contributed by atoms with Gasteiger partial charge < -0.3 is 15.4 Å². The van der Waals surface area contributed by atoms with E-state index in [0.29, 0.717) is 29.7 Å². The van der Waals surface area contributed by atoms with Crippen LogP contribution in [0.3, 0.4) is 0 Å². The van der Waals surface area contributed by atoms with E-state index < -0.39 is 0 Å². The Hall–Kier alpha value is -0.610. The van der Waals surface area contributed by atoms with Gasteiger partial charge in [0.15, 0.2) is 0 Å². The molecule has 2 aliphatic carbocycles. The molecule has 21 heavy (non-hydrogen) atoms. The molecule has 2 bridgehead atoms. The van der Waals surface area contributed by atoms with Gasteiger partial charge in [-0.3, -0.25) is 4.79 Å². The molecule has 1 amide bonds. The number of amides is 1. The van der Waals surface area contributed by atoms with Crippen molar-refractivity contribution in [2.75, 3.05) is 26.8 Å². The molecule has 2 N–H and O–H groups in total. The third kappa shape index (κ3) is 3.26. The summed E-state index contributed by atoms with van der Waals surface area (Å²) in [5, 5.41) is 0. The van der Waals surface area contributed by atoms with Crippen molar-refractivity contribution in [1.82, 2.24) is 4.90 Å². The largest absolute Gasteiger partial charge is 0.384 e. The van der Waals surface area contributed by atoms with Gasteiger partial charge in [-0.1, -0.05) is 6.42 Å². The number of rotatable bonds is 3. The number of likely N-dealkylation sites (tertiary alicyclic amines) is 1. The average molecular weight is 294 g/mol. The molecule has 0 aromatic heterocycles. The number of methoxy groups -OCH3 is 1. The van der Waals surface area contributed by atoms with Crippen LogP contribution in [0.15, 0.2) is 0 Å². The lowest BCUT2D eigenvalue weighted by Gasteiger charge is -2.45. The topological polar surface area (TPSA) is 55.6 Å². The Morgan fingerprint density at radius 3 is 2.57 bits per heavy atom. The first-order valence-electron chi connectivity index (χ1n) is 8.72. The number of carbonyl (C=O) groups excluding carboxylic acids is 1. The van der Waals surface area contributed by atoms with Crippen LogP contribution in [0.5, 0.6) is 0 Å². The Labute approximate surface area is 128 Å². The van der Waals surface area contributed by atoms with E-state index in [-0.39, 0.29) is 5.92 Å². The number of hydrogen-bond acceptors (Lipinski definition) is 3. The normalized spacial score (nSPS) is 40.1. The van der Waals surface area contributed by atoms with Crippen molar-refractivity contribution in [1.29, 1.82) is 0 Å². The number of piperidine rings is 1. The Morgan fingerprint density at radius 2 is 1.90 bits per heavy atom. The number of hydrogen-bond donors (Lipinski definition) is 1. The minimum absolute atomic E-state index is 0.237. The van der Waals surface area contributed by atoms with Gasteiger partial charge in [0.2, 0.25) is 5.91 Å². The summed E-state index contributed by atoms with van der Waals surface area (Å²) in [7, 11) is 1.75. The van der Waals surface area contributed by atoms with Crippen LogP contribution in [-0.4, -0.2) is 43.7 Å². The summed E-state index contributed by atoms with van der Waals surface area (Å²) in [6, 6.07) is 0.352.